The maximum Gasteiger partial charge on any atom is 0.428 e. The van der Waals surface area contributed by atoms with E-state index in [4.69, 9.17) is 54.0 Å². The quantitative estimate of drug-likeness (QED) is 0.409. The highest BCUT2D eigenvalue weighted by Gasteiger charge is 2.24. The van der Waals surface area contributed by atoms with Gasteiger partial charge in [-0.1, -0.05) is 38.1 Å². The summed E-state index contributed by atoms with van der Waals surface area (Å²) in [5.74, 6) is 0.633. The molecule has 0 N–H and O–H groups in total. The van der Waals surface area contributed by atoms with Crippen molar-refractivity contribution in [3.8, 4) is 11.5 Å². The summed E-state index contributed by atoms with van der Waals surface area (Å²) in [6.07, 6.45) is -7.28. The van der Waals surface area contributed by atoms with E-state index in [1.54, 1.807) is 24.3 Å². The van der Waals surface area contributed by atoms with Gasteiger partial charge in [-0.15, -0.1) is 0 Å². The Hall–Kier alpha value is -0.340. The second-order valence-corrected chi connectivity index (χ2v) is 14.1. The first-order chi connectivity index (χ1) is 11.4. The van der Waals surface area contributed by atoms with Gasteiger partial charge in [-0.3, -0.25) is 0 Å². The Bertz CT molecular complexity index is 756. The zero-order chi connectivity index (χ0) is 18.9. The van der Waals surface area contributed by atoms with E-state index in [9.17, 15) is 9.13 Å². The molecule has 0 aliphatic rings. The predicted octanol–water partition coefficient (Wildman–Crippen LogP) is 7.94. The molecule has 2 rings (SSSR count). The fraction of sp³-hybridized carbons (Fsp3) is 0.200. The fourth-order valence-electron chi connectivity index (χ4n) is 2.28. The Labute approximate surface area is 165 Å². The van der Waals surface area contributed by atoms with Crippen LogP contribution in [0, 0.1) is 0 Å². The van der Waals surface area contributed by atoms with Gasteiger partial charge in [-0.25, -0.2) is 9.13 Å². The lowest BCUT2D eigenvalue weighted by atomic mass is 9.78. The first-order valence-electron chi connectivity index (χ1n) is 6.96. The normalized spacial score (nSPS) is 12.7. The number of benzene rings is 2. The summed E-state index contributed by atoms with van der Waals surface area (Å²) in [5, 5.41) is 0. The molecule has 0 fully saturated rings. The molecule has 0 bridgehead atoms. The first-order valence-corrected chi connectivity index (χ1v) is 13.8. The minimum Gasteiger partial charge on any atom is -0.422 e. The van der Waals surface area contributed by atoms with Crippen LogP contribution in [0.3, 0.4) is 0 Å². The van der Waals surface area contributed by atoms with Gasteiger partial charge in [0.2, 0.25) is 0 Å². The van der Waals surface area contributed by atoms with E-state index in [2.05, 4.69) is 0 Å². The average molecular weight is 462 g/mol. The molecule has 25 heavy (non-hydrogen) atoms. The zero-order valence-corrected chi connectivity index (χ0v) is 18.0. The molecule has 10 heteroatoms. The van der Waals surface area contributed by atoms with E-state index in [0.717, 1.165) is 11.1 Å². The summed E-state index contributed by atoms with van der Waals surface area (Å²) >= 11 is 21.6. The Morgan fingerprint density at radius 3 is 1.20 bits per heavy atom. The molecule has 0 radical (unpaired) electrons. The maximum atomic E-state index is 11.3. The van der Waals surface area contributed by atoms with Crippen LogP contribution in [-0.4, -0.2) is 0 Å². The standard InChI is InChI=1S/C15H14Cl4O4P2/c1-15(2,11-3-7-13(8-4-11)22-24(16,17)20)12-5-9-14(10-6-12)23-25(18,19)21/h3-10H,1-2H3. The highest BCUT2D eigenvalue weighted by Crippen LogP contribution is 2.57. The SMILES string of the molecule is CC(C)(c1ccc(OP(=O)(Cl)Cl)cc1)c1ccc(OP(=O)(Cl)Cl)cc1. The van der Waals surface area contributed by atoms with Crippen LogP contribution in [0.5, 0.6) is 11.5 Å². The lowest BCUT2D eigenvalue weighted by molar-refractivity contribution is 0.512. The third-order valence-electron chi connectivity index (χ3n) is 3.58. The molecule has 0 amide bonds. The maximum absolute atomic E-state index is 11.3. The number of hydrogen-bond acceptors (Lipinski definition) is 4. The Morgan fingerprint density at radius 1 is 0.680 bits per heavy atom. The third-order valence-corrected chi connectivity index (χ3v) is 5.25. The molecule has 0 heterocycles. The van der Waals surface area contributed by atoms with Gasteiger partial charge in [-0.2, -0.15) is 0 Å². The molecule has 0 aromatic heterocycles. The van der Waals surface area contributed by atoms with Gasteiger partial charge in [0.15, 0.2) is 0 Å². The summed E-state index contributed by atoms with van der Waals surface area (Å²) in [6.45, 7) is 4.06. The molecule has 0 saturated carbocycles. The first kappa shape index (κ1) is 21.0. The van der Waals surface area contributed by atoms with E-state index in [1.165, 1.54) is 0 Å². The van der Waals surface area contributed by atoms with Crippen molar-refractivity contribution in [2.24, 2.45) is 0 Å². The van der Waals surface area contributed by atoms with E-state index in [-0.39, 0.29) is 5.41 Å². The average Bonchev–Trinajstić information content (AvgIpc) is 2.45. The fourth-order valence-corrected chi connectivity index (χ4v) is 3.97. The predicted molar refractivity (Wildman–Crippen MR) is 105 cm³/mol. The zero-order valence-electron chi connectivity index (χ0n) is 13.2. The summed E-state index contributed by atoms with van der Waals surface area (Å²) in [6, 6.07) is 13.9. The van der Waals surface area contributed by atoms with Gasteiger partial charge in [0.05, 0.1) is 0 Å². The van der Waals surface area contributed by atoms with Gasteiger partial charge in [0.25, 0.3) is 0 Å². The van der Waals surface area contributed by atoms with Crippen molar-refractivity contribution in [3.63, 3.8) is 0 Å². The lowest BCUT2D eigenvalue weighted by Gasteiger charge is -2.26. The molecule has 0 unspecified atom stereocenters. The second-order valence-electron chi connectivity index (χ2n) is 5.69. The second kappa shape index (κ2) is 7.72. The Morgan fingerprint density at radius 2 is 0.960 bits per heavy atom. The molecular weight excluding hydrogens is 448 g/mol. The number of rotatable bonds is 6. The van der Waals surface area contributed by atoms with Crippen molar-refractivity contribution in [1.82, 2.24) is 0 Å². The summed E-state index contributed by atoms with van der Waals surface area (Å²) in [7, 11) is 0. The molecule has 2 aromatic rings. The van der Waals surface area contributed by atoms with E-state index >= 15 is 0 Å². The lowest BCUT2D eigenvalue weighted by Crippen LogP contribution is -2.18. The minimum atomic E-state index is -3.64. The van der Waals surface area contributed by atoms with Crippen molar-refractivity contribution < 1.29 is 18.2 Å². The molecule has 0 aliphatic carbocycles. The van der Waals surface area contributed by atoms with E-state index < -0.39 is 12.1 Å². The van der Waals surface area contributed by atoms with Gasteiger partial charge in [0, 0.05) is 50.4 Å². The molecule has 0 aliphatic heterocycles. The molecular formula is C15H14Cl4O4P2. The number of hydrogen-bond donors (Lipinski definition) is 0. The summed E-state index contributed by atoms with van der Waals surface area (Å²) < 4.78 is 32.5. The minimum absolute atomic E-state index is 0.316. The van der Waals surface area contributed by atoms with Crippen LogP contribution in [0.2, 0.25) is 0 Å². The summed E-state index contributed by atoms with van der Waals surface area (Å²) in [4.78, 5) is 0. The highest BCUT2D eigenvalue weighted by molar-refractivity contribution is 8.05. The highest BCUT2D eigenvalue weighted by atomic mass is 35.9. The van der Waals surface area contributed by atoms with Gasteiger partial charge in [0.1, 0.15) is 11.5 Å². The van der Waals surface area contributed by atoms with Crippen LogP contribution in [0.1, 0.15) is 25.0 Å². The van der Waals surface area contributed by atoms with Crippen LogP contribution in [0.4, 0.5) is 0 Å². The smallest absolute Gasteiger partial charge is 0.422 e. The van der Waals surface area contributed by atoms with Crippen molar-refractivity contribution in [2.45, 2.75) is 19.3 Å². The van der Waals surface area contributed by atoms with Crippen LogP contribution in [-0.2, 0) is 14.5 Å². The van der Waals surface area contributed by atoms with Gasteiger partial charge < -0.3 is 9.05 Å². The third kappa shape index (κ3) is 6.40. The van der Waals surface area contributed by atoms with Crippen LogP contribution in [0.25, 0.3) is 0 Å². The van der Waals surface area contributed by atoms with Crippen LogP contribution in [0.15, 0.2) is 48.5 Å². The Kier molecular flexibility index (Phi) is 6.48. The topological polar surface area (TPSA) is 52.6 Å². The van der Waals surface area contributed by atoms with Crippen molar-refractivity contribution in [1.29, 1.82) is 0 Å². The Balaban J connectivity index is 2.23. The monoisotopic (exact) mass is 460 g/mol. The van der Waals surface area contributed by atoms with Gasteiger partial charge >= 0.3 is 12.1 Å². The molecule has 0 atom stereocenters. The van der Waals surface area contributed by atoms with Crippen molar-refractivity contribution >= 4 is 57.1 Å². The number of halogens is 4. The molecule has 2 aromatic carbocycles. The molecule has 0 saturated heterocycles. The summed E-state index contributed by atoms with van der Waals surface area (Å²) in [5.41, 5.74) is 1.61. The molecule has 136 valence electrons. The molecule has 4 nitrogen and oxygen atoms in total. The van der Waals surface area contributed by atoms with E-state index in [0.29, 0.717) is 11.5 Å². The van der Waals surface area contributed by atoms with Crippen molar-refractivity contribution in [2.75, 3.05) is 0 Å². The molecule has 0 spiro atoms. The van der Waals surface area contributed by atoms with Gasteiger partial charge in [-0.05, 0) is 35.4 Å². The van der Waals surface area contributed by atoms with Crippen LogP contribution < -0.4 is 9.05 Å². The largest absolute Gasteiger partial charge is 0.428 e. The van der Waals surface area contributed by atoms with Crippen LogP contribution >= 0.6 is 57.1 Å². The van der Waals surface area contributed by atoms with E-state index in [1.807, 2.05) is 38.1 Å². The van der Waals surface area contributed by atoms with Crippen molar-refractivity contribution in [3.05, 3.63) is 59.7 Å².